The van der Waals surface area contributed by atoms with E-state index in [0.29, 0.717) is 48.3 Å². The second-order valence-corrected chi connectivity index (χ2v) is 24.1. The van der Waals surface area contributed by atoms with E-state index in [-0.39, 0.29) is 88.1 Å². The van der Waals surface area contributed by atoms with E-state index in [1.54, 1.807) is 69.1 Å². The van der Waals surface area contributed by atoms with Crippen LogP contribution < -0.4 is 31.3 Å². The van der Waals surface area contributed by atoms with E-state index < -0.39 is 64.6 Å². The second-order valence-electron chi connectivity index (χ2n) is 24.1. The molecule has 0 fully saturated rings. The highest BCUT2D eigenvalue weighted by atomic mass is 19.1. The van der Waals surface area contributed by atoms with Crippen LogP contribution in [0.5, 0.6) is 5.75 Å². The van der Waals surface area contributed by atoms with Crippen molar-refractivity contribution in [1.29, 1.82) is 0 Å². The quantitative estimate of drug-likeness (QED) is 0.0331. The summed E-state index contributed by atoms with van der Waals surface area (Å²) < 4.78 is 53.2. The van der Waals surface area contributed by atoms with E-state index in [1.807, 2.05) is 61.7 Å². The molecule has 2 aromatic heterocycles. The van der Waals surface area contributed by atoms with Crippen LogP contribution in [-0.4, -0.2) is 141 Å². The molecule has 1 aliphatic heterocycles. The van der Waals surface area contributed by atoms with Crippen molar-refractivity contribution in [3.63, 3.8) is 0 Å². The third-order valence-electron chi connectivity index (χ3n) is 15.3. The molecule has 0 saturated heterocycles. The van der Waals surface area contributed by atoms with Gasteiger partial charge in [0.25, 0.3) is 5.91 Å². The fourth-order valence-electron chi connectivity index (χ4n) is 10.4. The Morgan fingerprint density at radius 3 is 2.31 bits per heavy atom. The zero-order valence-electron chi connectivity index (χ0n) is 51.7. The van der Waals surface area contributed by atoms with Gasteiger partial charge in [-0.05, 0) is 130 Å². The zero-order valence-corrected chi connectivity index (χ0v) is 51.7. The number of likely N-dealkylation sites (N-methyl/N-ethyl adjacent to an activating group) is 1. The lowest BCUT2D eigenvalue weighted by atomic mass is 9.83. The molecule has 89 heavy (non-hydrogen) atoms. The Kier molecular flexibility index (Phi) is 22.5. The highest BCUT2D eigenvalue weighted by Gasteiger charge is 2.44. The Balaban J connectivity index is 0.799. The van der Waals surface area contributed by atoms with E-state index in [1.165, 1.54) is 29.9 Å². The number of aromatic nitrogens is 5. The Morgan fingerprint density at radius 2 is 1.56 bits per heavy atom. The van der Waals surface area contributed by atoms with Crippen LogP contribution in [-0.2, 0) is 72.4 Å². The predicted octanol–water partition coefficient (Wildman–Crippen LogP) is 7.41. The van der Waals surface area contributed by atoms with Crippen LogP contribution in [0.25, 0.3) is 11.5 Å². The van der Waals surface area contributed by atoms with Gasteiger partial charge in [0.05, 0.1) is 32.4 Å². The molecule has 3 heterocycles. The van der Waals surface area contributed by atoms with Crippen molar-refractivity contribution in [2.45, 2.75) is 137 Å². The van der Waals surface area contributed by atoms with Crippen LogP contribution in [0.3, 0.4) is 0 Å². The van der Waals surface area contributed by atoms with Gasteiger partial charge in [0.1, 0.15) is 66.3 Å². The number of halogens is 2. The number of fused-ring (bicyclic) bond motifs is 2. The van der Waals surface area contributed by atoms with Gasteiger partial charge < -0.3 is 55.0 Å². The molecule has 0 spiro atoms. The van der Waals surface area contributed by atoms with Gasteiger partial charge in [-0.25, -0.2) is 23.5 Å². The second kappa shape index (κ2) is 30.3. The van der Waals surface area contributed by atoms with Crippen LogP contribution in [0.2, 0.25) is 0 Å². The smallest absolute Gasteiger partial charge is 0.410 e. The third-order valence-corrected chi connectivity index (χ3v) is 15.3. The van der Waals surface area contributed by atoms with Crippen molar-refractivity contribution in [3.05, 3.63) is 154 Å². The molecule has 6 amide bonds. The summed E-state index contributed by atoms with van der Waals surface area (Å²) in [4.78, 5) is 93.3. The Hall–Kier alpha value is -8.90. The first-order valence-electron chi connectivity index (χ1n) is 29.9. The van der Waals surface area contributed by atoms with E-state index in [9.17, 15) is 32.8 Å². The molecule has 474 valence electrons. The maximum atomic E-state index is 15.0. The minimum Gasteiger partial charge on any atom is -0.491 e. The average Bonchev–Trinajstić information content (AvgIpc) is 1.76. The first-order valence-corrected chi connectivity index (χ1v) is 29.9. The van der Waals surface area contributed by atoms with Gasteiger partial charge in [0.15, 0.2) is 11.6 Å². The molecule has 1 aliphatic carbocycles. The SMILES string of the molecule is C[C@@H](C(=O)N[C@H](C(=O)N1Cc2cc(OCCOCCOCC(=O)NCCCn3c(CNc4cccc(C(=O)NCc5c(F)cccc5F)c4)nnc3-c3ccncn3)ccc2CC1C(=O)N[C@@H]1CCCc2ccccc21)C(C)(C)C)N(C)C(=O)OC(C)(C)C. The number of anilines is 1. The van der Waals surface area contributed by atoms with Crippen LogP contribution >= 0.6 is 0 Å². The topological polar surface area (TPSA) is 262 Å². The van der Waals surface area contributed by atoms with Gasteiger partial charge in [0, 0.05) is 62.7 Å². The number of ether oxygens (including phenoxy) is 4. The maximum Gasteiger partial charge on any atom is 0.410 e. The van der Waals surface area contributed by atoms with E-state index >= 15 is 4.79 Å². The summed E-state index contributed by atoms with van der Waals surface area (Å²) in [5, 5.41) is 23.7. The van der Waals surface area contributed by atoms with Crippen molar-refractivity contribution in [3.8, 4) is 17.3 Å². The summed E-state index contributed by atoms with van der Waals surface area (Å²) in [7, 11) is 1.47. The van der Waals surface area contributed by atoms with Gasteiger partial charge in [-0.2, -0.15) is 0 Å². The van der Waals surface area contributed by atoms with Gasteiger partial charge >= 0.3 is 6.09 Å². The molecule has 8 rings (SSSR count). The number of nitrogens with one attached hydrogen (secondary N) is 5. The minimum absolute atomic E-state index is 0.0602. The Labute approximate surface area is 517 Å². The minimum atomic E-state index is -1.08. The van der Waals surface area contributed by atoms with Gasteiger partial charge in [-0.3, -0.25) is 28.9 Å². The van der Waals surface area contributed by atoms with E-state index in [0.717, 1.165) is 48.1 Å². The van der Waals surface area contributed by atoms with Crippen LogP contribution in [0.1, 0.15) is 118 Å². The highest BCUT2D eigenvalue weighted by Crippen LogP contribution is 2.34. The predicted molar refractivity (Wildman–Crippen MR) is 327 cm³/mol. The van der Waals surface area contributed by atoms with Crippen molar-refractivity contribution in [2.24, 2.45) is 5.41 Å². The number of aryl methyl sites for hydroxylation is 1. The normalized spacial score (nSPS) is 15.3. The van der Waals surface area contributed by atoms with Crippen molar-refractivity contribution in [1.82, 2.24) is 55.8 Å². The van der Waals surface area contributed by atoms with Crippen molar-refractivity contribution in [2.75, 3.05) is 51.9 Å². The standard InChI is InChI=1S/C65H80F2N12O10/c1-41(77(8)63(85)89-65(5,6)7)59(81)74-57(64(2,3)4)62(84)79-38-45-34-47(24-23-43(45)35-54(79)61(83)73-52-22-12-16-42-15-9-10-19-48(42)52)88-32-31-86-29-30-87-39-56(80)69-26-14-28-78-55(75-76-58(78)53-25-27-68-40-72-53)37-70-46-18-11-17-44(33-46)60(82)71-36-49-50(66)20-13-21-51(49)67/h9-11,13,15,17-21,23-25,27,33-34,40-41,52,54,57,70H,12,14,16,22,26,28-32,35-39H2,1-8H3,(H,69,80)(H,71,82)(H,73,83)(H,74,81)/t41-,52+,54?,57+/m0/s1. The largest absolute Gasteiger partial charge is 0.491 e. The average molecular weight is 1230 g/mol. The zero-order chi connectivity index (χ0) is 63.8. The lowest BCUT2D eigenvalue weighted by Gasteiger charge is -2.42. The van der Waals surface area contributed by atoms with Gasteiger partial charge in [-0.1, -0.05) is 63.2 Å². The first kappa shape index (κ1) is 66.1. The monoisotopic (exact) mass is 1230 g/mol. The van der Waals surface area contributed by atoms with Crippen LogP contribution in [0.4, 0.5) is 19.3 Å². The first-order chi connectivity index (χ1) is 42.5. The molecule has 0 saturated carbocycles. The third kappa shape index (κ3) is 18.1. The van der Waals surface area contributed by atoms with Crippen LogP contribution in [0.15, 0.2) is 104 Å². The number of hydrogen-bond acceptors (Lipinski definition) is 15. The van der Waals surface area contributed by atoms with E-state index in [2.05, 4.69) is 52.8 Å². The number of amides is 6. The molecular formula is C65H80F2N12O10. The summed E-state index contributed by atoms with van der Waals surface area (Å²) in [6.07, 6.45) is 5.62. The molecule has 22 nitrogen and oxygen atoms in total. The summed E-state index contributed by atoms with van der Waals surface area (Å²) in [6, 6.07) is 22.3. The Bertz CT molecular complexity index is 3430. The summed E-state index contributed by atoms with van der Waals surface area (Å²) in [5.74, 6) is -2.05. The van der Waals surface area contributed by atoms with Crippen molar-refractivity contribution < 1.29 is 56.5 Å². The molecular weight excluding hydrogens is 1150 g/mol. The number of carbonyl (C=O) groups is 6. The number of carbonyl (C=O) groups excluding carboxylic acids is 6. The number of rotatable bonds is 26. The van der Waals surface area contributed by atoms with Crippen LogP contribution in [0, 0.1) is 17.0 Å². The molecule has 6 aromatic rings. The number of nitrogens with zero attached hydrogens (tertiary/aromatic N) is 7. The molecule has 24 heteroatoms. The summed E-state index contributed by atoms with van der Waals surface area (Å²) >= 11 is 0. The molecule has 5 N–H and O–H groups in total. The Morgan fingerprint density at radius 1 is 0.809 bits per heavy atom. The number of benzene rings is 4. The van der Waals surface area contributed by atoms with Gasteiger partial charge in [-0.15, -0.1) is 10.2 Å². The fraction of sp³-hybridized carbons (Fsp3) is 0.446. The molecule has 4 atom stereocenters. The lowest BCUT2D eigenvalue weighted by Crippen LogP contribution is -2.62. The molecule has 2 aliphatic rings. The molecule has 0 bridgehead atoms. The summed E-state index contributed by atoms with van der Waals surface area (Å²) in [5.41, 5.74) is 3.47. The fourth-order valence-corrected chi connectivity index (χ4v) is 10.4. The lowest BCUT2D eigenvalue weighted by molar-refractivity contribution is -0.147. The molecule has 0 radical (unpaired) electrons. The molecule has 4 aromatic carbocycles. The van der Waals surface area contributed by atoms with Crippen molar-refractivity contribution >= 4 is 41.3 Å². The maximum absolute atomic E-state index is 15.0. The van der Waals surface area contributed by atoms with Gasteiger partial charge in [0.2, 0.25) is 23.6 Å². The number of hydrogen-bond donors (Lipinski definition) is 5. The summed E-state index contributed by atoms with van der Waals surface area (Å²) in [6.45, 7) is 13.5. The van der Waals surface area contributed by atoms with E-state index in [4.69, 9.17) is 18.9 Å². The highest BCUT2D eigenvalue weighted by molar-refractivity contribution is 5.96. The molecule has 1 unspecified atom stereocenters.